The van der Waals surface area contributed by atoms with Crippen molar-refractivity contribution in [3.05, 3.63) is 166 Å². The number of aromatic nitrogens is 8. The van der Waals surface area contributed by atoms with Gasteiger partial charge in [0.2, 0.25) is 23.6 Å². The van der Waals surface area contributed by atoms with E-state index in [-0.39, 0.29) is 80.0 Å². The maximum atomic E-state index is 14.9. The van der Waals surface area contributed by atoms with E-state index in [2.05, 4.69) is 68.9 Å². The Morgan fingerprint density at radius 1 is 0.716 bits per heavy atom. The fourth-order valence-electron chi connectivity index (χ4n) is 20.5. The number of benzene rings is 1. The number of H-pyrrole nitrogens is 1. The Morgan fingerprint density at radius 2 is 1.48 bits per heavy atom. The fourth-order valence-corrected chi connectivity index (χ4v) is 20.5. The van der Waals surface area contributed by atoms with Crippen LogP contribution in [0.2, 0.25) is 0 Å². The summed E-state index contributed by atoms with van der Waals surface area (Å²) in [5.41, 5.74) is 17.1. The zero-order valence-corrected chi connectivity index (χ0v) is 78.9. The van der Waals surface area contributed by atoms with Crippen LogP contribution in [0.1, 0.15) is 193 Å². The number of piperidine rings is 1. The minimum atomic E-state index is -2.49. The zero-order valence-electron chi connectivity index (χ0n) is 78.9. The largest absolute Gasteiger partial charge is 0.460 e. The van der Waals surface area contributed by atoms with Gasteiger partial charge < -0.3 is 83.5 Å². The van der Waals surface area contributed by atoms with E-state index in [4.69, 9.17) is 53.9 Å². The Kier molecular flexibility index (Phi) is 32.2. The first-order valence-electron chi connectivity index (χ1n) is 47.8. The third kappa shape index (κ3) is 22.9. The summed E-state index contributed by atoms with van der Waals surface area (Å²) in [6.07, 6.45) is 21.7. The Bertz CT molecular complexity index is 5380. The molecule has 2 bridgehead atoms. The summed E-state index contributed by atoms with van der Waals surface area (Å²) in [5, 5.41) is 24.9. The summed E-state index contributed by atoms with van der Waals surface area (Å²) in [5.74, 6) is -7.24. The Morgan fingerprint density at radius 3 is 2.25 bits per heavy atom. The van der Waals surface area contributed by atoms with E-state index >= 15 is 0 Å². The van der Waals surface area contributed by atoms with Crippen LogP contribution in [0.25, 0.3) is 11.0 Å². The number of pyridine rings is 1. The number of ketones is 3. The molecular formula is C100H131N17O17. The van der Waals surface area contributed by atoms with E-state index in [0.29, 0.717) is 178 Å². The van der Waals surface area contributed by atoms with E-state index in [1.807, 2.05) is 80.1 Å². The number of nitrogens with zero attached hydrogens (tertiary/aromatic N) is 15. The molecule has 1 aromatic carbocycles. The highest BCUT2D eigenvalue weighted by Gasteiger charge is 2.54. The third-order valence-electron chi connectivity index (χ3n) is 28.8. The molecular weight excluding hydrogens is 1710 g/mol. The van der Waals surface area contributed by atoms with Gasteiger partial charge in [-0.2, -0.15) is 0 Å². The van der Waals surface area contributed by atoms with Crippen LogP contribution in [-0.2, 0) is 94.3 Å². The standard InChI is InChI=1S/C100H131N17O17/c1-60-16-12-11-13-17-61(2)81(128-8)51-75-23-19-66(7)100(127,134-75)91(122)95(124)117-30-15-14-18-78(117)96(125)132-82(52-79(118)62(3)45-65(6)89(121)90(130-10)88(120)64(5)44-60)63(4)46-67-21-24-80(83(49-67)129-9)133-99(126)116-32-27-76-74(58-116)56-106-98(110-76)114-39-37-112(38-40-114)84(119)28-42-131-43-41-111-33-35-113(36-34-111)97-104-54-73(55-105-97)94(123)115-31-26-69-47-68(20-22-71(69)57-115)48-77-87-85(92(101)108-59-107-87)86(109-77)72-50-70-25-29-102-93(70)103-53-72/h11-13,16-17,20,22,25,29,45,47,50,53-56,59-60,62-64,66-67,75,77-78,80-83,89-90,121,127H,14-15,18-19,21,23-24,26-28,30-44,46,48-49,51-52,57-58H2,1-10H3,(H,102,103)(H2,101,107,108)/b13-11+,16-12+,61-17+,65-45+/t60-,62-,63-,64-,66-,67+,75+,77?,78+,80-,81+,82+,83-,89-,90+,100-/m1/s1. The number of cyclic esters (lactones) is 1. The van der Waals surface area contributed by atoms with Gasteiger partial charge in [0.05, 0.1) is 78.8 Å². The van der Waals surface area contributed by atoms with Gasteiger partial charge >= 0.3 is 12.1 Å². The molecule has 34 heteroatoms. The van der Waals surface area contributed by atoms with Crippen LogP contribution >= 0.6 is 0 Å². The SMILES string of the molecule is CO[C@H]1C[C@@H]2CC[C@@H](C)[C@@](O)(O2)C(=O)C(=O)N2CCCC[C@H]2C(=O)O[C@H]([C@H](C)C[C@@H]2CC[C@@H](OC(=O)N3CCc4nc(N5CCN(C(=O)CCOCCN6CCN(c7ncc(C(=O)N8CCc9cc(CC%10N=C(c%11cnc%12[nH]ccc%12c%11)c%11c(N)ncnc%11%10)ccc9C8)cn7)CC6)CC5)ncc4C3)[C@H](OC)C2)CC(=O)[C@H](C)/C=C(\C)[C@@H](O)[C@@H](OC)C(=O)[C@H](C)C[C@H](C)/C=C/C=C/C=C/1C. The molecule has 0 radical (unpaired) electrons. The molecule has 1 unspecified atom stereocenters. The number of anilines is 3. The van der Waals surface area contributed by atoms with Crippen LogP contribution in [0.3, 0.4) is 0 Å². The van der Waals surface area contributed by atoms with Gasteiger partial charge in [-0.15, -0.1) is 0 Å². The van der Waals surface area contributed by atoms with Gasteiger partial charge in [-0.1, -0.05) is 89.3 Å². The molecule has 718 valence electrons. The van der Waals surface area contributed by atoms with Crippen molar-refractivity contribution in [1.29, 1.82) is 0 Å². The number of piperazine rings is 2. The summed E-state index contributed by atoms with van der Waals surface area (Å²) in [6.45, 7) is 21.0. The number of nitrogens with one attached hydrogen (secondary N) is 1. The van der Waals surface area contributed by atoms with Crippen molar-refractivity contribution in [2.75, 3.05) is 129 Å². The molecule has 16 atom stereocenters. The molecule has 6 aromatic rings. The number of fused-ring (bicyclic) bond motifs is 7. The molecule has 9 aliphatic rings. The second-order valence-electron chi connectivity index (χ2n) is 38.0. The van der Waals surface area contributed by atoms with Gasteiger partial charge in [-0.05, 0) is 142 Å². The van der Waals surface area contributed by atoms with Crippen molar-refractivity contribution in [1.82, 2.24) is 64.4 Å². The van der Waals surface area contributed by atoms with Crippen LogP contribution in [0, 0.1) is 35.5 Å². The lowest BCUT2D eigenvalue weighted by atomic mass is 9.78. The molecule has 0 spiro atoms. The number of amides is 4. The average molecular weight is 1840 g/mol. The summed E-state index contributed by atoms with van der Waals surface area (Å²) < 4.78 is 42.7. The second kappa shape index (κ2) is 44.2. The molecule has 8 aliphatic heterocycles. The number of Topliss-reactive ketones (excluding diaryl/α,β-unsaturated/α-hetero) is 3. The molecule has 5 fully saturated rings. The third-order valence-corrected chi connectivity index (χ3v) is 28.8. The molecule has 13 heterocycles. The predicted molar refractivity (Wildman–Crippen MR) is 500 cm³/mol. The van der Waals surface area contributed by atoms with Gasteiger partial charge in [0.15, 0.2) is 5.78 Å². The van der Waals surface area contributed by atoms with Crippen LogP contribution in [0.15, 0.2) is 120 Å². The fraction of sp³-hybridized carbons (Fsp3) is 0.580. The van der Waals surface area contributed by atoms with E-state index in [9.17, 15) is 48.6 Å². The first-order valence-corrected chi connectivity index (χ1v) is 47.8. The first kappa shape index (κ1) is 97.6. The van der Waals surface area contributed by atoms with E-state index in [1.54, 1.807) is 70.8 Å². The van der Waals surface area contributed by atoms with Gasteiger partial charge in [0.1, 0.15) is 54.0 Å². The Labute approximate surface area is 783 Å². The highest BCUT2D eigenvalue weighted by Crippen LogP contribution is 2.41. The molecule has 4 amide bonds. The first-order chi connectivity index (χ1) is 64.6. The smallest absolute Gasteiger partial charge is 0.410 e. The van der Waals surface area contributed by atoms with Crippen LogP contribution in [0.4, 0.5) is 22.5 Å². The molecule has 4 saturated heterocycles. The second-order valence-corrected chi connectivity index (χ2v) is 38.0. The molecule has 1 aliphatic carbocycles. The lowest BCUT2D eigenvalue weighted by molar-refractivity contribution is -0.265. The molecule has 5 aromatic heterocycles. The van der Waals surface area contributed by atoms with Crippen LogP contribution in [-0.4, -0.2) is 295 Å². The van der Waals surface area contributed by atoms with Crippen molar-refractivity contribution in [2.24, 2.45) is 40.5 Å². The highest BCUT2D eigenvalue weighted by molar-refractivity contribution is 6.39. The van der Waals surface area contributed by atoms with E-state index in [0.717, 1.165) is 81.2 Å². The number of carbonyl (C=O) groups excluding carboxylic acids is 8. The number of hydrogen-bond acceptors (Lipinski definition) is 29. The predicted octanol–water partition coefficient (Wildman–Crippen LogP) is 9.42. The quantitative estimate of drug-likeness (QED) is 0.0254. The number of aromatic amines is 1. The topological polar surface area (TPSA) is 409 Å². The van der Waals surface area contributed by atoms with Crippen molar-refractivity contribution in [2.45, 2.75) is 225 Å². The number of methoxy groups -OCH3 is 3. The number of rotatable bonds is 19. The monoisotopic (exact) mass is 1840 g/mol. The molecule has 34 nitrogen and oxygen atoms in total. The normalized spacial score (nSPS) is 29.1. The number of aliphatic imine (C=N–C) groups is 1. The number of nitrogens with two attached hydrogens (primary N) is 1. The highest BCUT2D eigenvalue weighted by atomic mass is 16.6. The number of carbonyl (C=O) groups is 8. The van der Waals surface area contributed by atoms with Crippen LogP contribution < -0.4 is 15.5 Å². The number of ether oxygens (including phenoxy) is 7. The Balaban J connectivity index is 0.484. The lowest BCUT2D eigenvalue weighted by Gasteiger charge is -2.42. The molecule has 5 N–H and O–H groups in total. The van der Waals surface area contributed by atoms with Crippen molar-refractivity contribution < 1.29 is 81.7 Å². The summed E-state index contributed by atoms with van der Waals surface area (Å²) in [6, 6.07) is 9.02. The maximum Gasteiger partial charge on any atom is 0.410 e. The number of nitrogen functional groups attached to an aromatic ring is 1. The van der Waals surface area contributed by atoms with Gasteiger partial charge in [0.25, 0.3) is 17.6 Å². The van der Waals surface area contributed by atoms with Gasteiger partial charge in [-0.3, -0.25) is 38.7 Å². The van der Waals surface area contributed by atoms with Crippen molar-refractivity contribution >= 4 is 81.6 Å². The lowest BCUT2D eigenvalue weighted by Crippen LogP contribution is -2.61. The minimum absolute atomic E-state index is 0.0230. The number of aliphatic hydroxyl groups excluding tert-OH is 1. The summed E-state index contributed by atoms with van der Waals surface area (Å²) in [7, 11) is 4.53. The average Bonchev–Trinajstić information content (AvgIpc) is 1.59. The molecule has 1 saturated carbocycles. The summed E-state index contributed by atoms with van der Waals surface area (Å²) in [4.78, 5) is 168. The van der Waals surface area contributed by atoms with Gasteiger partial charge in [0, 0.05) is 197 Å². The van der Waals surface area contributed by atoms with E-state index < -0.39 is 102 Å². The molecule has 15 rings (SSSR count). The number of aliphatic hydroxyl groups is 2. The number of esters is 1. The number of allylic oxidation sites excluding steroid dienone is 6. The van der Waals surface area contributed by atoms with Crippen molar-refractivity contribution in [3.63, 3.8) is 0 Å². The van der Waals surface area contributed by atoms with E-state index in [1.165, 1.54) is 23.9 Å². The minimum Gasteiger partial charge on any atom is -0.460 e. The maximum absolute atomic E-state index is 14.9. The number of hydrogen-bond donors (Lipinski definition) is 4. The van der Waals surface area contributed by atoms with Crippen LogP contribution in [0.5, 0.6) is 0 Å². The van der Waals surface area contributed by atoms with Gasteiger partial charge in [-0.25, -0.2) is 44.5 Å². The summed E-state index contributed by atoms with van der Waals surface area (Å²) >= 11 is 0. The van der Waals surface area contributed by atoms with Crippen molar-refractivity contribution in [3.8, 4) is 0 Å². The molecule has 134 heavy (non-hydrogen) atoms. The zero-order chi connectivity index (χ0) is 94.6. The Hall–Kier alpha value is -11.0.